The zero-order valence-electron chi connectivity index (χ0n) is 13.0. The Morgan fingerprint density at radius 3 is 2.35 bits per heavy atom. The van der Waals surface area contributed by atoms with Crippen molar-refractivity contribution in [3.63, 3.8) is 0 Å². The Morgan fingerprint density at radius 1 is 1.05 bits per heavy atom. The van der Waals surface area contributed by atoms with E-state index in [2.05, 4.69) is 68.6 Å². The van der Waals surface area contributed by atoms with E-state index in [-0.39, 0.29) is 0 Å². The standard InChI is InChI=1S/C19H25N/c1-5-14(2)17-8-10-18(11-9-17)19-12-16(13-20-4)7-6-15(19)3/h6-12,14,20H,5,13H2,1-4H3. The van der Waals surface area contributed by atoms with E-state index in [1.165, 1.54) is 34.2 Å². The maximum Gasteiger partial charge on any atom is 0.0202 e. The minimum atomic E-state index is 0.640. The lowest BCUT2D eigenvalue weighted by atomic mass is 9.93. The van der Waals surface area contributed by atoms with Crippen molar-refractivity contribution in [2.75, 3.05) is 7.05 Å². The first-order chi connectivity index (χ1) is 9.65. The molecule has 0 heterocycles. The van der Waals surface area contributed by atoms with Crippen LogP contribution in [0, 0.1) is 6.92 Å². The summed E-state index contributed by atoms with van der Waals surface area (Å²) in [5.41, 5.74) is 6.75. The number of aryl methyl sites for hydroxylation is 1. The van der Waals surface area contributed by atoms with Gasteiger partial charge in [-0.25, -0.2) is 0 Å². The Bertz CT molecular complexity index is 554. The van der Waals surface area contributed by atoms with E-state index in [9.17, 15) is 0 Å². The molecule has 0 aliphatic carbocycles. The van der Waals surface area contributed by atoms with Gasteiger partial charge in [0.05, 0.1) is 0 Å². The Morgan fingerprint density at radius 2 is 1.75 bits per heavy atom. The van der Waals surface area contributed by atoms with Crippen LogP contribution < -0.4 is 5.32 Å². The molecule has 0 aromatic heterocycles. The van der Waals surface area contributed by atoms with Gasteiger partial charge >= 0.3 is 0 Å². The van der Waals surface area contributed by atoms with Crippen LogP contribution >= 0.6 is 0 Å². The zero-order valence-corrected chi connectivity index (χ0v) is 13.0. The quantitative estimate of drug-likeness (QED) is 0.813. The van der Waals surface area contributed by atoms with E-state index in [4.69, 9.17) is 0 Å². The summed E-state index contributed by atoms with van der Waals surface area (Å²) in [6, 6.07) is 15.8. The minimum absolute atomic E-state index is 0.640. The van der Waals surface area contributed by atoms with E-state index in [0.29, 0.717) is 5.92 Å². The summed E-state index contributed by atoms with van der Waals surface area (Å²) in [6.07, 6.45) is 1.19. The molecule has 1 unspecified atom stereocenters. The van der Waals surface area contributed by atoms with Crippen molar-refractivity contribution in [2.45, 2.75) is 39.7 Å². The average molecular weight is 267 g/mol. The van der Waals surface area contributed by atoms with E-state index >= 15 is 0 Å². The third-order valence-corrected chi connectivity index (χ3v) is 4.09. The fraction of sp³-hybridized carbons (Fsp3) is 0.368. The van der Waals surface area contributed by atoms with Crippen LogP contribution in [-0.4, -0.2) is 7.05 Å². The third kappa shape index (κ3) is 3.29. The maximum atomic E-state index is 3.21. The second kappa shape index (κ2) is 6.71. The molecule has 0 amide bonds. The van der Waals surface area contributed by atoms with Gasteiger partial charge in [0.2, 0.25) is 0 Å². The Hall–Kier alpha value is -1.60. The predicted molar refractivity (Wildman–Crippen MR) is 88.1 cm³/mol. The fourth-order valence-electron chi connectivity index (χ4n) is 2.52. The summed E-state index contributed by atoms with van der Waals surface area (Å²) < 4.78 is 0. The lowest BCUT2D eigenvalue weighted by Crippen LogP contribution is -2.05. The molecule has 0 aliphatic rings. The molecular weight excluding hydrogens is 242 g/mol. The molecule has 2 aromatic rings. The first-order valence-corrected chi connectivity index (χ1v) is 7.50. The lowest BCUT2D eigenvalue weighted by molar-refractivity contribution is 0.734. The predicted octanol–water partition coefficient (Wildman–Crippen LogP) is 4.89. The summed E-state index contributed by atoms with van der Waals surface area (Å²) >= 11 is 0. The number of hydrogen-bond acceptors (Lipinski definition) is 1. The summed E-state index contributed by atoms with van der Waals surface area (Å²) in [5, 5.41) is 3.21. The van der Waals surface area contributed by atoms with Gasteiger partial charge in [-0.15, -0.1) is 0 Å². The van der Waals surface area contributed by atoms with E-state index in [1.807, 2.05) is 7.05 Å². The Labute approximate surface area is 123 Å². The molecule has 0 radical (unpaired) electrons. The van der Waals surface area contributed by atoms with Gasteiger partial charge in [0, 0.05) is 6.54 Å². The van der Waals surface area contributed by atoms with Gasteiger partial charge in [0.15, 0.2) is 0 Å². The summed E-state index contributed by atoms with van der Waals surface area (Å²) in [4.78, 5) is 0. The van der Waals surface area contributed by atoms with Gasteiger partial charge in [-0.2, -0.15) is 0 Å². The van der Waals surface area contributed by atoms with Crippen molar-refractivity contribution < 1.29 is 0 Å². The molecular formula is C19H25N. The van der Waals surface area contributed by atoms with E-state index in [1.54, 1.807) is 0 Å². The first-order valence-electron chi connectivity index (χ1n) is 7.50. The number of nitrogens with one attached hydrogen (secondary N) is 1. The SMILES string of the molecule is CCC(C)c1ccc(-c2cc(CNC)ccc2C)cc1. The highest BCUT2D eigenvalue weighted by atomic mass is 14.8. The molecule has 0 aliphatic heterocycles. The summed E-state index contributed by atoms with van der Waals surface area (Å²) in [5.74, 6) is 0.640. The largest absolute Gasteiger partial charge is 0.316 e. The monoisotopic (exact) mass is 267 g/mol. The Kier molecular flexibility index (Phi) is 4.97. The minimum Gasteiger partial charge on any atom is -0.316 e. The molecule has 2 aromatic carbocycles. The molecule has 1 nitrogen and oxygen atoms in total. The van der Waals surface area contributed by atoms with E-state index in [0.717, 1.165) is 6.54 Å². The van der Waals surface area contributed by atoms with Gasteiger partial charge in [0.25, 0.3) is 0 Å². The molecule has 1 atom stereocenters. The molecule has 2 rings (SSSR count). The van der Waals surface area contributed by atoms with E-state index < -0.39 is 0 Å². The van der Waals surface area contributed by atoms with Crippen molar-refractivity contribution in [2.24, 2.45) is 0 Å². The lowest BCUT2D eigenvalue weighted by Gasteiger charge is -2.12. The van der Waals surface area contributed by atoms with Crippen molar-refractivity contribution >= 4 is 0 Å². The van der Waals surface area contributed by atoms with Gasteiger partial charge in [-0.3, -0.25) is 0 Å². The van der Waals surface area contributed by atoms with Crippen molar-refractivity contribution in [3.05, 3.63) is 59.2 Å². The number of benzene rings is 2. The summed E-state index contributed by atoms with van der Waals surface area (Å²) in [6.45, 7) is 7.62. The van der Waals surface area contributed by atoms with Crippen molar-refractivity contribution in [1.82, 2.24) is 5.32 Å². The molecule has 20 heavy (non-hydrogen) atoms. The molecule has 1 N–H and O–H groups in total. The van der Waals surface area contributed by atoms with Gasteiger partial charge in [-0.05, 0) is 60.2 Å². The highest BCUT2D eigenvalue weighted by Crippen LogP contribution is 2.27. The average Bonchev–Trinajstić information content (AvgIpc) is 2.49. The first kappa shape index (κ1) is 14.8. The summed E-state index contributed by atoms with van der Waals surface area (Å²) in [7, 11) is 1.99. The highest BCUT2D eigenvalue weighted by Gasteiger charge is 2.06. The second-order valence-corrected chi connectivity index (χ2v) is 5.61. The topological polar surface area (TPSA) is 12.0 Å². The molecule has 0 fully saturated rings. The fourth-order valence-corrected chi connectivity index (χ4v) is 2.52. The van der Waals surface area contributed by atoms with Gasteiger partial charge in [-0.1, -0.05) is 50.2 Å². The smallest absolute Gasteiger partial charge is 0.0202 e. The molecule has 106 valence electrons. The normalized spacial score (nSPS) is 12.4. The maximum absolute atomic E-state index is 3.21. The zero-order chi connectivity index (χ0) is 14.5. The number of rotatable bonds is 5. The van der Waals surface area contributed by atoms with Crippen LogP contribution in [0.2, 0.25) is 0 Å². The van der Waals surface area contributed by atoms with Crippen LogP contribution in [0.5, 0.6) is 0 Å². The van der Waals surface area contributed by atoms with Crippen LogP contribution in [0.25, 0.3) is 11.1 Å². The van der Waals surface area contributed by atoms with Crippen LogP contribution in [0.4, 0.5) is 0 Å². The van der Waals surface area contributed by atoms with Crippen LogP contribution in [0.3, 0.4) is 0 Å². The molecule has 0 bridgehead atoms. The highest BCUT2D eigenvalue weighted by molar-refractivity contribution is 5.68. The molecule has 0 saturated heterocycles. The molecule has 0 spiro atoms. The second-order valence-electron chi connectivity index (χ2n) is 5.61. The number of hydrogen-bond donors (Lipinski definition) is 1. The molecule has 0 saturated carbocycles. The van der Waals surface area contributed by atoms with Gasteiger partial charge < -0.3 is 5.32 Å². The van der Waals surface area contributed by atoms with Gasteiger partial charge in [0.1, 0.15) is 0 Å². The van der Waals surface area contributed by atoms with Crippen molar-refractivity contribution in [3.8, 4) is 11.1 Å². The third-order valence-electron chi connectivity index (χ3n) is 4.09. The van der Waals surface area contributed by atoms with Crippen molar-refractivity contribution in [1.29, 1.82) is 0 Å². The van der Waals surface area contributed by atoms with Crippen LogP contribution in [-0.2, 0) is 6.54 Å². The Balaban J connectivity index is 2.33. The van der Waals surface area contributed by atoms with Crippen LogP contribution in [0.15, 0.2) is 42.5 Å². The molecule has 1 heteroatoms. The van der Waals surface area contributed by atoms with Crippen LogP contribution in [0.1, 0.15) is 42.9 Å².